The van der Waals surface area contributed by atoms with Gasteiger partial charge in [-0.05, 0) is 85.0 Å². The van der Waals surface area contributed by atoms with Crippen molar-refractivity contribution >= 4 is 69.9 Å². The molecule has 1 aromatic heterocycles. The Balaban J connectivity index is 1.33. The number of anilines is 2. The third-order valence-corrected chi connectivity index (χ3v) is 12.0. The fourth-order valence-electron chi connectivity index (χ4n) is 8.93. The van der Waals surface area contributed by atoms with Gasteiger partial charge in [0, 0.05) is 27.7 Å². The van der Waals surface area contributed by atoms with E-state index in [2.05, 4.69) is 15.1 Å². The fourth-order valence-corrected chi connectivity index (χ4v) is 9.39. The summed E-state index contributed by atoms with van der Waals surface area (Å²) in [5.74, 6) is -11.3. The molecule has 3 fully saturated rings. The number of nitrogens with one attached hydrogen (secondary N) is 1. The van der Waals surface area contributed by atoms with Crippen molar-refractivity contribution in [2.45, 2.75) is 36.7 Å². The van der Waals surface area contributed by atoms with E-state index < -0.39 is 99.1 Å². The molecule has 58 heavy (non-hydrogen) atoms. The molecule has 300 valence electrons. The van der Waals surface area contributed by atoms with Crippen LogP contribution in [0.25, 0.3) is 0 Å². The molecule has 4 aliphatic rings. The third-order valence-electron chi connectivity index (χ3n) is 11.2. The highest BCUT2D eigenvalue weighted by molar-refractivity contribution is 6.33. The summed E-state index contributed by atoms with van der Waals surface area (Å²) in [7, 11) is 0. The molecule has 2 saturated heterocycles. The van der Waals surface area contributed by atoms with Crippen LogP contribution in [0.2, 0.25) is 15.1 Å². The minimum absolute atomic E-state index is 0.0717. The summed E-state index contributed by atoms with van der Waals surface area (Å²) in [5, 5.41) is 11.9. The number of allylic oxidation sites excluding steroid dienone is 2. The Kier molecular flexibility index (Phi) is 9.48. The maximum Gasteiger partial charge on any atom is 0.573 e. The number of aromatic nitrogens is 1. The quantitative estimate of drug-likeness (QED) is 0.112. The van der Waals surface area contributed by atoms with E-state index in [-0.39, 0.29) is 40.3 Å². The van der Waals surface area contributed by atoms with Gasteiger partial charge in [0.1, 0.15) is 11.5 Å². The molecule has 0 radical (unpaired) electrons. The molecule has 2 aliphatic carbocycles. The molecule has 10 nitrogen and oxygen atoms in total. The highest BCUT2D eigenvalue weighted by atomic mass is 35.5. The second-order valence-electron chi connectivity index (χ2n) is 14.2. The highest BCUT2D eigenvalue weighted by Gasteiger charge is 2.71. The Morgan fingerprint density at radius 1 is 0.828 bits per heavy atom. The molecule has 3 aromatic carbocycles. The number of benzene rings is 3. The lowest BCUT2D eigenvalue weighted by Gasteiger charge is -2.50. The normalized spacial score (nSPS) is 25.7. The molecule has 4 amide bonds. The maximum atomic E-state index is 15.3. The first-order valence-corrected chi connectivity index (χ1v) is 18.5. The van der Waals surface area contributed by atoms with Crippen molar-refractivity contribution in [2.75, 3.05) is 10.3 Å². The van der Waals surface area contributed by atoms with Gasteiger partial charge in [0.25, 0.3) is 11.8 Å². The van der Waals surface area contributed by atoms with Gasteiger partial charge in [-0.2, -0.15) is 18.2 Å². The summed E-state index contributed by atoms with van der Waals surface area (Å²) in [6.45, 7) is 0. The summed E-state index contributed by atoms with van der Waals surface area (Å²) in [4.78, 5) is 63.2. The van der Waals surface area contributed by atoms with Crippen molar-refractivity contribution in [3.63, 3.8) is 0 Å². The van der Waals surface area contributed by atoms with Gasteiger partial charge >= 0.3 is 12.5 Å². The van der Waals surface area contributed by atoms with Crippen molar-refractivity contribution in [2.24, 2.45) is 23.7 Å². The second kappa shape index (κ2) is 13.9. The summed E-state index contributed by atoms with van der Waals surface area (Å²) in [6.07, 6.45) is -8.35. The summed E-state index contributed by atoms with van der Waals surface area (Å²) < 4.78 is 85.5. The first-order chi connectivity index (χ1) is 27.3. The van der Waals surface area contributed by atoms with Gasteiger partial charge in [-0.15, -0.1) is 13.2 Å². The van der Waals surface area contributed by atoms with Gasteiger partial charge in [0.15, 0.2) is 5.82 Å². The topological polar surface area (TPSA) is 129 Å². The van der Waals surface area contributed by atoms with Crippen LogP contribution in [-0.4, -0.2) is 45.1 Å². The van der Waals surface area contributed by atoms with Crippen LogP contribution in [-0.2, 0) is 30.8 Å². The zero-order chi connectivity index (χ0) is 41.6. The summed E-state index contributed by atoms with van der Waals surface area (Å²) in [5.41, 5.74) is -0.608. The number of phenols is 1. The second-order valence-corrected chi connectivity index (χ2v) is 15.5. The number of fused-ring (bicyclic) bond motifs is 4. The number of halogens is 9. The first kappa shape index (κ1) is 39.5. The van der Waals surface area contributed by atoms with Gasteiger partial charge < -0.3 is 9.84 Å². The number of alkyl halides is 6. The van der Waals surface area contributed by atoms with E-state index in [1.54, 1.807) is 6.08 Å². The Bertz CT molecular complexity index is 2430. The lowest BCUT2D eigenvalue weighted by atomic mass is 9.49. The Hall–Kier alpha value is -5.32. The van der Waals surface area contributed by atoms with Crippen LogP contribution < -0.4 is 15.1 Å². The predicted octanol–water partition coefficient (Wildman–Crippen LogP) is 8.85. The number of hydrazine groups is 1. The van der Waals surface area contributed by atoms with Gasteiger partial charge in [-0.25, -0.2) is 4.98 Å². The van der Waals surface area contributed by atoms with Crippen molar-refractivity contribution < 1.29 is 55.4 Å². The molecule has 6 unspecified atom stereocenters. The first-order valence-electron chi connectivity index (χ1n) is 17.4. The molecular weight excluding hydrogens is 841 g/mol. The smallest absolute Gasteiger partial charge is 0.508 e. The Morgan fingerprint density at radius 3 is 2.10 bits per heavy atom. The number of hydrogen-bond acceptors (Lipinski definition) is 8. The lowest BCUT2D eigenvalue weighted by molar-refractivity contribution is -0.274. The summed E-state index contributed by atoms with van der Waals surface area (Å²) >= 11 is 18.5. The molecule has 1 saturated carbocycles. The van der Waals surface area contributed by atoms with E-state index in [0.29, 0.717) is 22.3 Å². The molecule has 6 atom stereocenters. The standard InChI is InChI=1S/C39H25Cl3F6N4O6/c40-19-3-1-17(2-4-19)37-27(34(55)52(36(37)57)50-32-28(42)13-18(16-49-32)38(43,44)45)15-25-23(31(37)26-14-22(9-12-29(26)53)58-39(46,47)48)10-11-24-30(25)35(56)51(33(24)54)21-7-5-20(41)6-8-21/h1-10,12-14,16,24-25,27,30-31,53H,11,15H2,(H,49,50). The van der Waals surface area contributed by atoms with Crippen molar-refractivity contribution in [1.29, 1.82) is 0 Å². The number of carbonyl (C=O) groups excluding carboxylic acids is 4. The molecule has 2 N–H and O–H groups in total. The molecule has 19 heteroatoms. The number of rotatable bonds is 6. The predicted molar refractivity (Wildman–Crippen MR) is 196 cm³/mol. The van der Waals surface area contributed by atoms with E-state index in [9.17, 15) is 45.8 Å². The number of nitrogens with zero attached hydrogens (tertiary/aromatic N) is 3. The zero-order valence-corrected chi connectivity index (χ0v) is 31.4. The number of carbonyl (C=O) groups is 4. The third kappa shape index (κ3) is 6.32. The fraction of sp³-hybridized carbons (Fsp3) is 0.256. The average Bonchev–Trinajstić information content (AvgIpc) is 3.53. The minimum Gasteiger partial charge on any atom is -0.508 e. The number of amides is 4. The van der Waals surface area contributed by atoms with Crippen LogP contribution in [0.5, 0.6) is 11.5 Å². The van der Waals surface area contributed by atoms with Crippen LogP contribution in [0.15, 0.2) is 90.6 Å². The van der Waals surface area contributed by atoms with Crippen LogP contribution in [0, 0.1) is 23.7 Å². The molecule has 8 rings (SSSR count). The van der Waals surface area contributed by atoms with Crippen molar-refractivity contribution in [1.82, 2.24) is 9.99 Å². The molecule has 4 aromatic rings. The van der Waals surface area contributed by atoms with Gasteiger partial charge in [0.2, 0.25) is 11.8 Å². The molecule has 3 heterocycles. The molecular formula is C39H25Cl3F6N4O6. The SMILES string of the molecule is O=C1C2CC3C(=CCC4C(=O)N(c5ccc(Cl)cc5)C(=O)C43)C(c3cc(OC(F)(F)F)ccc3O)C2(c2ccc(Cl)cc2)C(=O)N1Nc1ncc(C(F)(F)F)cc1Cl. The number of phenolic OH excluding ortho intramolecular Hbond substituents is 1. The Morgan fingerprint density at radius 2 is 1.48 bits per heavy atom. The monoisotopic (exact) mass is 864 g/mol. The number of ether oxygens (including phenoxy) is 1. The highest BCUT2D eigenvalue weighted by Crippen LogP contribution is 2.65. The largest absolute Gasteiger partial charge is 0.573 e. The van der Waals surface area contributed by atoms with Crippen molar-refractivity contribution in [3.05, 3.63) is 122 Å². The summed E-state index contributed by atoms with van der Waals surface area (Å²) in [6, 6.07) is 14.8. The van der Waals surface area contributed by atoms with E-state index in [0.717, 1.165) is 23.1 Å². The number of aromatic hydroxyl groups is 1. The van der Waals surface area contributed by atoms with Crippen LogP contribution in [0.3, 0.4) is 0 Å². The van der Waals surface area contributed by atoms with Crippen LogP contribution >= 0.6 is 34.8 Å². The van der Waals surface area contributed by atoms with Gasteiger partial charge in [-0.1, -0.05) is 58.6 Å². The van der Waals surface area contributed by atoms with Crippen LogP contribution in [0.4, 0.5) is 37.8 Å². The van der Waals surface area contributed by atoms with E-state index in [1.165, 1.54) is 48.5 Å². The molecule has 2 aliphatic heterocycles. The van der Waals surface area contributed by atoms with Crippen LogP contribution in [0.1, 0.15) is 35.4 Å². The number of hydrogen-bond donors (Lipinski definition) is 2. The number of pyridine rings is 1. The lowest BCUT2D eigenvalue weighted by Crippen LogP contribution is -2.53. The molecule has 0 spiro atoms. The van der Waals surface area contributed by atoms with E-state index in [1.807, 2.05) is 0 Å². The van der Waals surface area contributed by atoms with Gasteiger partial charge in [-0.3, -0.25) is 29.5 Å². The molecule has 0 bridgehead atoms. The Labute approximate surface area is 338 Å². The van der Waals surface area contributed by atoms with Crippen molar-refractivity contribution in [3.8, 4) is 11.5 Å². The zero-order valence-electron chi connectivity index (χ0n) is 29.1. The average molecular weight is 866 g/mol. The maximum absolute atomic E-state index is 15.3. The van der Waals surface area contributed by atoms with Gasteiger partial charge in [0.05, 0.1) is 39.4 Å². The minimum atomic E-state index is -5.19. The number of imide groups is 2. The van der Waals surface area contributed by atoms with E-state index >= 15 is 4.79 Å². The van der Waals surface area contributed by atoms with E-state index in [4.69, 9.17) is 34.8 Å².